The van der Waals surface area contributed by atoms with Crippen molar-refractivity contribution in [2.24, 2.45) is 0 Å². The molecule has 8 atom stereocenters. The number of hydrogen-bond acceptors (Lipinski definition) is 12. The number of hydrogen-bond donors (Lipinski definition) is 5. The average Bonchev–Trinajstić information content (AvgIpc) is 4.19. The van der Waals surface area contributed by atoms with E-state index >= 15 is 0 Å². The first-order valence-electron chi connectivity index (χ1n) is 23.8. The Bertz CT molecular complexity index is 2520. The van der Waals surface area contributed by atoms with Crippen molar-refractivity contribution in [3.63, 3.8) is 0 Å². The minimum atomic E-state index is -0.918. The van der Waals surface area contributed by atoms with E-state index in [4.69, 9.17) is 23.9 Å². The number of fused-ring (bicyclic) bond motifs is 2. The Labute approximate surface area is 398 Å². The Morgan fingerprint density at radius 1 is 0.691 bits per heavy atom. The minimum Gasteiger partial charge on any atom is -0.453 e. The molecule has 3 aromatic carbocycles. The molecule has 5 heterocycles. The van der Waals surface area contributed by atoms with E-state index in [0.717, 1.165) is 83.4 Å². The van der Waals surface area contributed by atoms with Crippen molar-refractivity contribution in [2.75, 3.05) is 57.1 Å². The van der Waals surface area contributed by atoms with Gasteiger partial charge in [-0.1, -0.05) is 45.0 Å². The van der Waals surface area contributed by atoms with Crippen LogP contribution in [0.25, 0.3) is 11.0 Å². The molecule has 4 aromatic rings. The maximum absolute atomic E-state index is 14.0. The summed E-state index contributed by atoms with van der Waals surface area (Å²) in [6.07, 6.45) is 4.34. The molecule has 3 saturated heterocycles. The quantitative estimate of drug-likeness (QED) is 0.0876. The van der Waals surface area contributed by atoms with Gasteiger partial charge in [-0.05, 0) is 111 Å². The molecule has 0 unspecified atom stereocenters. The van der Waals surface area contributed by atoms with Gasteiger partial charge in [0.05, 0.1) is 78.7 Å². The smallest absolute Gasteiger partial charge is 0.407 e. The number of carbonyl (C=O) groups is 4. The van der Waals surface area contributed by atoms with E-state index in [0.29, 0.717) is 18.9 Å². The third-order valence-electron chi connectivity index (χ3n) is 14.3. The highest BCUT2D eigenvalue weighted by Gasteiger charge is 2.42. The summed E-state index contributed by atoms with van der Waals surface area (Å²) in [5.41, 5.74) is 9.15. The summed E-state index contributed by atoms with van der Waals surface area (Å²) < 4.78 is 20.7. The lowest BCUT2D eigenvalue weighted by Crippen LogP contribution is -2.55. The number of nitrogens with zero attached hydrogens (tertiary/aromatic N) is 4. The van der Waals surface area contributed by atoms with E-state index in [1.807, 2.05) is 11.1 Å². The molecule has 17 heteroatoms. The highest BCUT2D eigenvalue weighted by atomic mass is 16.5. The fourth-order valence-corrected chi connectivity index (χ4v) is 10.3. The fourth-order valence-electron chi connectivity index (χ4n) is 10.3. The fraction of sp³-hybridized carbons (Fsp3) is 0.510. The van der Waals surface area contributed by atoms with Crippen LogP contribution >= 0.6 is 0 Å². The zero-order chi connectivity index (χ0) is 48.4. The maximum Gasteiger partial charge on any atom is 0.407 e. The van der Waals surface area contributed by atoms with Gasteiger partial charge in [0, 0.05) is 39.2 Å². The van der Waals surface area contributed by atoms with Crippen molar-refractivity contribution in [1.29, 1.82) is 0 Å². The average molecular weight is 934 g/mol. The number of aromatic nitrogens is 2. The molecular formula is C51H67N9O8. The van der Waals surface area contributed by atoms with Crippen molar-refractivity contribution in [3.8, 4) is 0 Å². The molecule has 0 aliphatic carbocycles. The van der Waals surface area contributed by atoms with E-state index in [1.165, 1.54) is 34.0 Å². The number of aromatic amines is 1. The van der Waals surface area contributed by atoms with Gasteiger partial charge in [0.1, 0.15) is 17.9 Å². The molecule has 5 N–H and O–H groups in total. The van der Waals surface area contributed by atoms with Crippen molar-refractivity contribution < 1.29 is 38.1 Å². The van der Waals surface area contributed by atoms with Gasteiger partial charge in [0.15, 0.2) is 0 Å². The van der Waals surface area contributed by atoms with E-state index < -0.39 is 36.5 Å². The number of alkyl carbamates (subject to hydrolysis) is 2. The maximum atomic E-state index is 14.0. The van der Waals surface area contributed by atoms with Crippen molar-refractivity contribution in [3.05, 3.63) is 95.1 Å². The number of H-pyrrole nitrogens is 1. The summed E-state index contributed by atoms with van der Waals surface area (Å²) in [6, 6.07) is 19.7. The lowest BCUT2D eigenvalue weighted by molar-refractivity contribution is -0.138. The topological polar surface area (TPSA) is 192 Å². The molecule has 3 fully saturated rings. The number of methoxy groups -OCH3 is 4. The molecule has 8 rings (SSSR count). The highest BCUT2D eigenvalue weighted by molar-refractivity contribution is 5.88. The third-order valence-corrected chi connectivity index (χ3v) is 14.3. The molecule has 68 heavy (non-hydrogen) atoms. The summed E-state index contributed by atoms with van der Waals surface area (Å²) in [6.45, 7) is 11.3. The van der Waals surface area contributed by atoms with Gasteiger partial charge in [0.25, 0.3) is 0 Å². The first kappa shape index (κ1) is 48.1. The van der Waals surface area contributed by atoms with E-state index in [1.54, 1.807) is 18.7 Å². The van der Waals surface area contributed by atoms with Crippen LogP contribution in [0.2, 0.25) is 0 Å². The first-order chi connectivity index (χ1) is 32.6. The number of carbonyl (C=O) groups excluding carboxylic acids is 4. The molecule has 4 aliphatic heterocycles. The Morgan fingerprint density at radius 3 is 1.82 bits per heavy atom. The Hall–Kier alpha value is -6.33. The summed E-state index contributed by atoms with van der Waals surface area (Å²) in [5.74, 6) is 0.237. The third kappa shape index (κ3) is 9.68. The van der Waals surface area contributed by atoms with Crippen LogP contribution in [-0.4, -0.2) is 116 Å². The SMILES string of the molecule is COC(=O)N[C@H](C(=O)N1CCC[C@H]1C1=CNc2ccc([C@@H]3CC[C@@H](c4ccc5nc([C@@H]6CCCN6C(=O)[C@@H](NC(=O)OC)[C@@H](C)OC)[nH]c5c4)N3c3ccc(C(C)(C)C)cc3)cc2N1)[C@@H](C)OC. The van der Waals surface area contributed by atoms with Gasteiger partial charge in [-0.25, -0.2) is 14.6 Å². The lowest BCUT2D eigenvalue weighted by Gasteiger charge is -2.35. The summed E-state index contributed by atoms with van der Waals surface area (Å²) in [7, 11) is 5.58. The van der Waals surface area contributed by atoms with Crippen LogP contribution in [0.4, 0.5) is 26.7 Å². The zero-order valence-electron chi connectivity index (χ0n) is 40.7. The van der Waals surface area contributed by atoms with Crippen LogP contribution in [0.3, 0.4) is 0 Å². The van der Waals surface area contributed by atoms with Crippen LogP contribution in [0.1, 0.15) is 114 Å². The predicted molar refractivity (Wildman–Crippen MR) is 260 cm³/mol. The van der Waals surface area contributed by atoms with Crippen molar-refractivity contribution in [1.82, 2.24) is 30.4 Å². The Balaban J connectivity index is 1.07. The molecule has 17 nitrogen and oxygen atoms in total. The molecule has 0 bridgehead atoms. The Morgan fingerprint density at radius 2 is 1.25 bits per heavy atom. The van der Waals surface area contributed by atoms with Crippen LogP contribution in [0, 0.1) is 0 Å². The second-order valence-corrected chi connectivity index (χ2v) is 19.4. The minimum absolute atomic E-state index is 0.00525. The second kappa shape index (κ2) is 20.1. The first-order valence-corrected chi connectivity index (χ1v) is 23.8. The predicted octanol–water partition coefficient (Wildman–Crippen LogP) is 7.80. The molecule has 0 spiro atoms. The number of likely N-dealkylation sites (tertiary alicyclic amines) is 2. The van der Waals surface area contributed by atoms with Gasteiger partial charge in [-0.2, -0.15) is 0 Å². The number of rotatable bonds is 13. The van der Waals surface area contributed by atoms with Crippen molar-refractivity contribution >= 4 is 52.1 Å². The molecule has 4 amide bonds. The molecule has 4 aliphatic rings. The zero-order valence-corrected chi connectivity index (χ0v) is 40.7. The van der Waals surface area contributed by atoms with E-state index in [-0.39, 0.29) is 41.4 Å². The largest absolute Gasteiger partial charge is 0.453 e. The molecule has 0 saturated carbocycles. The molecule has 1 aromatic heterocycles. The van der Waals surface area contributed by atoms with E-state index in [9.17, 15) is 19.2 Å². The number of ether oxygens (including phenoxy) is 4. The lowest BCUT2D eigenvalue weighted by atomic mass is 9.87. The van der Waals surface area contributed by atoms with Gasteiger partial charge < -0.3 is 59.9 Å². The van der Waals surface area contributed by atoms with Gasteiger partial charge in [-0.3, -0.25) is 9.59 Å². The van der Waals surface area contributed by atoms with Crippen LogP contribution < -0.4 is 26.2 Å². The van der Waals surface area contributed by atoms with Gasteiger partial charge in [-0.15, -0.1) is 0 Å². The summed E-state index contributed by atoms with van der Waals surface area (Å²) in [5, 5.41) is 12.5. The van der Waals surface area contributed by atoms with Crippen LogP contribution in [0.15, 0.2) is 72.6 Å². The standard InChI is InChI=1S/C51H67N9O8/c1-29(65-6)44(56-49(63)67-8)47(61)58-24-10-12-42(58)39-28-52-35-20-14-31(26-37(35)53-39)40-22-23-41(60(40)34-18-16-33(17-19-34)51(3,4)5)32-15-21-36-38(27-32)55-46(54-36)43-13-11-25-59(43)48(62)45(30(2)66-7)57-50(64)68-9/h14-21,26-30,40-45,52-53H,10-13,22-25H2,1-9H3,(H,54,55)(H,56,63)(H,57,64)/t29-,30-,40+,41+,42+,43+,44+,45+/m1/s1. The molecule has 0 radical (unpaired) electrons. The number of imidazole rings is 1. The number of benzene rings is 3. The number of nitrogens with one attached hydrogen (secondary N) is 5. The van der Waals surface area contributed by atoms with Gasteiger partial charge in [0.2, 0.25) is 11.8 Å². The Kier molecular flexibility index (Phi) is 14.2. The number of amides is 4. The molecular weight excluding hydrogens is 867 g/mol. The van der Waals surface area contributed by atoms with Gasteiger partial charge >= 0.3 is 12.2 Å². The monoisotopic (exact) mass is 934 g/mol. The highest BCUT2D eigenvalue weighted by Crippen LogP contribution is 2.49. The summed E-state index contributed by atoms with van der Waals surface area (Å²) in [4.78, 5) is 67.3. The normalized spacial score (nSPS) is 22.1. The van der Waals surface area contributed by atoms with E-state index in [2.05, 4.69) is 113 Å². The van der Waals surface area contributed by atoms with Crippen LogP contribution in [-0.2, 0) is 34.0 Å². The molecule has 364 valence electrons. The summed E-state index contributed by atoms with van der Waals surface area (Å²) >= 11 is 0. The van der Waals surface area contributed by atoms with Crippen molar-refractivity contribution in [2.45, 2.75) is 127 Å². The second-order valence-electron chi connectivity index (χ2n) is 19.4. The number of anilines is 3. The van der Waals surface area contributed by atoms with Crippen LogP contribution in [0.5, 0.6) is 0 Å².